The fourth-order valence-electron chi connectivity index (χ4n) is 2.70. The normalized spacial score (nSPS) is 10.8. The molecule has 0 bridgehead atoms. The van der Waals surface area contributed by atoms with Crippen molar-refractivity contribution in [2.45, 2.75) is 6.54 Å². The number of nitrogens with one attached hydrogen (secondary N) is 1. The molecule has 6 heteroatoms. The Bertz CT molecular complexity index is 1060. The van der Waals surface area contributed by atoms with E-state index in [2.05, 4.69) is 15.3 Å². The van der Waals surface area contributed by atoms with Crippen LogP contribution in [0.3, 0.4) is 0 Å². The number of rotatable bonds is 4. The van der Waals surface area contributed by atoms with Gasteiger partial charge in [-0.2, -0.15) is 0 Å². The van der Waals surface area contributed by atoms with E-state index < -0.39 is 0 Å². The van der Waals surface area contributed by atoms with E-state index in [4.69, 9.17) is 0 Å². The van der Waals surface area contributed by atoms with Gasteiger partial charge >= 0.3 is 0 Å². The van der Waals surface area contributed by atoms with Crippen LogP contribution in [0.2, 0.25) is 0 Å². The minimum Gasteiger partial charge on any atom is -0.348 e. The Morgan fingerprint density at radius 1 is 1.00 bits per heavy atom. The van der Waals surface area contributed by atoms with Crippen molar-refractivity contribution < 1.29 is 9.18 Å². The SMILES string of the molecule is O=C(NCc1ccc(F)cc1)c1ccc(-n2cnc3cccnc32)cc1. The molecule has 2 aromatic heterocycles. The molecule has 0 spiro atoms. The van der Waals surface area contributed by atoms with Crippen LogP contribution in [0.5, 0.6) is 0 Å². The number of imidazole rings is 1. The highest BCUT2D eigenvalue weighted by Gasteiger charge is 2.08. The maximum Gasteiger partial charge on any atom is 0.251 e. The van der Waals surface area contributed by atoms with Crippen LogP contribution in [0, 0.1) is 5.82 Å². The van der Waals surface area contributed by atoms with Gasteiger partial charge in [-0.1, -0.05) is 12.1 Å². The summed E-state index contributed by atoms with van der Waals surface area (Å²) in [5, 5.41) is 2.83. The number of carbonyl (C=O) groups excluding carboxylic acids is 1. The standard InChI is InChI=1S/C20H15FN4O/c21-16-7-3-14(4-8-16)12-23-20(26)15-5-9-17(10-6-15)25-13-24-18-2-1-11-22-19(18)25/h1-11,13H,12H2,(H,23,26). The molecule has 0 aliphatic carbocycles. The van der Waals surface area contributed by atoms with Gasteiger partial charge < -0.3 is 5.32 Å². The molecule has 0 unspecified atom stereocenters. The average Bonchev–Trinajstić information content (AvgIpc) is 3.11. The monoisotopic (exact) mass is 346 g/mol. The first kappa shape index (κ1) is 16.0. The number of halogens is 1. The molecule has 2 aromatic carbocycles. The molecule has 26 heavy (non-hydrogen) atoms. The van der Waals surface area contributed by atoms with Gasteiger partial charge in [-0.05, 0) is 54.1 Å². The summed E-state index contributed by atoms with van der Waals surface area (Å²) in [6.45, 7) is 0.344. The van der Waals surface area contributed by atoms with E-state index in [1.165, 1.54) is 12.1 Å². The maximum atomic E-state index is 12.9. The molecule has 1 N–H and O–H groups in total. The quantitative estimate of drug-likeness (QED) is 0.615. The van der Waals surface area contributed by atoms with Crippen LogP contribution < -0.4 is 5.32 Å². The minimum absolute atomic E-state index is 0.186. The lowest BCUT2D eigenvalue weighted by atomic mass is 10.1. The summed E-state index contributed by atoms with van der Waals surface area (Å²) < 4.78 is 14.8. The second-order valence-electron chi connectivity index (χ2n) is 5.82. The van der Waals surface area contributed by atoms with Crippen molar-refractivity contribution in [2.75, 3.05) is 0 Å². The summed E-state index contributed by atoms with van der Waals surface area (Å²) in [7, 11) is 0. The Morgan fingerprint density at radius 3 is 2.54 bits per heavy atom. The third-order valence-corrected chi connectivity index (χ3v) is 4.08. The smallest absolute Gasteiger partial charge is 0.251 e. The molecule has 0 aliphatic heterocycles. The highest BCUT2D eigenvalue weighted by molar-refractivity contribution is 5.94. The first-order valence-corrected chi connectivity index (χ1v) is 8.12. The van der Waals surface area contributed by atoms with Crippen LogP contribution in [-0.4, -0.2) is 20.4 Å². The van der Waals surface area contributed by atoms with E-state index in [-0.39, 0.29) is 11.7 Å². The fourth-order valence-corrected chi connectivity index (χ4v) is 2.70. The fraction of sp³-hybridized carbons (Fsp3) is 0.0500. The number of pyridine rings is 1. The molecular weight excluding hydrogens is 331 g/mol. The molecule has 0 radical (unpaired) electrons. The predicted octanol–water partition coefficient (Wildman–Crippen LogP) is 3.49. The van der Waals surface area contributed by atoms with Gasteiger partial charge in [0, 0.05) is 24.0 Å². The number of fused-ring (bicyclic) bond motifs is 1. The second-order valence-corrected chi connectivity index (χ2v) is 5.82. The molecule has 0 atom stereocenters. The Labute approximate surface area is 149 Å². The van der Waals surface area contributed by atoms with Crippen molar-refractivity contribution >= 4 is 17.1 Å². The van der Waals surface area contributed by atoms with Gasteiger partial charge in [0.1, 0.15) is 17.7 Å². The van der Waals surface area contributed by atoms with Crippen molar-refractivity contribution in [3.8, 4) is 5.69 Å². The van der Waals surface area contributed by atoms with E-state index in [1.54, 1.807) is 36.8 Å². The maximum absolute atomic E-state index is 12.9. The van der Waals surface area contributed by atoms with Gasteiger partial charge in [-0.15, -0.1) is 0 Å². The first-order chi connectivity index (χ1) is 12.7. The second kappa shape index (κ2) is 6.76. The van der Waals surface area contributed by atoms with E-state index in [0.29, 0.717) is 12.1 Å². The zero-order valence-corrected chi connectivity index (χ0v) is 13.8. The molecule has 0 aliphatic rings. The molecular formula is C20H15FN4O. The minimum atomic E-state index is -0.294. The largest absolute Gasteiger partial charge is 0.348 e. The van der Waals surface area contributed by atoms with Gasteiger partial charge in [0.15, 0.2) is 5.65 Å². The van der Waals surface area contributed by atoms with Gasteiger partial charge in [-0.3, -0.25) is 9.36 Å². The van der Waals surface area contributed by atoms with Crippen LogP contribution >= 0.6 is 0 Å². The van der Waals surface area contributed by atoms with E-state index in [9.17, 15) is 9.18 Å². The Morgan fingerprint density at radius 2 is 1.77 bits per heavy atom. The summed E-state index contributed by atoms with van der Waals surface area (Å²) in [6.07, 6.45) is 3.43. The number of amides is 1. The van der Waals surface area contributed by atoms with Gasteiger partial charge in [-0.25, -0.2) is 14.4 Å². The Balaban J connectivity index is 1.48. The Hall–Kier alpha value is -3.54. The van der Waals surface area contributed by atoms with Crippen LogP contribution in [-0.2, 0) is 6.54 Å². The van der Waals surface area contributed by atoms with E-state index in [0.717, 1.165) is 22.4 Å². The van der Waals surface area contributed by atoms with Crippen LogP contribution in [0.4, 0.5) is 4.39 Å². The molecule has 4 aromatic rings. The number of hydrogen-bond acceptors (Lipinski definition) is 3. The molecule has 5 nitrogen and oxygen atoms in total. The third kappa shape index (κ3) is 3.17. The molecule has 0 saturated carbocycles. The summed E-state index contributed by atoms with van der Waals surface area (Å²) in [4.78, 5) is 20.9. The van der Waals surface area contributed by atoms with Crippen LogP contribution in [0.1, 0.15) is 15.9 Å². The zero-order valence-electron chi connectivity index (χ0n) is 13.8. The number of aromatic nitrogens is 3. The van der Waals surface area contributed by atoms with Gasteiger partial charge in [0.2, 0.25) is 0 Å². The van der Waals surface area contributed by atoms with Gasteiger partial charge in [0.05, 0.1) is 0 Å². The molecule has 0 fully saturated rings. The first-order valence-electron chi connectivity index (χ1n) is 8.12. The third-order valence-electron chi connectivity index (χ3n) is 4.08. The number of nitrogens with zero attached hydrogens (tertiary/aromatic N) is 3. The summed E-state index contributed by atoms with van der Waals surface area (Å²) in [6, 6.07) is 17.0. The summed E-state index contributed by atoms with van der Waals surface area (Å²) >= 11 is 0. The van der Waals surface area contributed by atoms with E-state index >= 15 is 0 Å². The number of carbonyl (C=O) groups is 1. The van der Waals surface area contributed by atoms with Crippen molar-refractivity contribution in [1.82, 2.24) is 19.9 Å². The zero-order chi connectivity index (χ0) is 17.9. The summed E-state index contributed by atoms with van der Waals surface area (Å²) in [5.41, 5.74) is 3.84. The molecule has 128 valence electrons. The van der Waals surface area contributed by atoms with Crippen molar-refractivity contribution in [1.29, 1.82) is 0 Å². The van der Waals surface area contributed by atoms with Crippen molar-refractivity contribution in [3.05, 3.63) is 90.1 Å². The number of benzene rings is 2. The molecule has 4 rings (SSSR count). The molecule has 1 amide bonds. The topological polar surface area (TPSA) is 59.8 Å². The lowest BCUT2D eigenvalue weighted by Crippen LogP contribution is -2.22. The van der Waals surface area contributed by atoms with E-state index in [1.807, 2.05) is 28.8 Å². The lowest BCUT2D eigenvalue weighted by molar-refractivity contribution is 0.0951. The molecule has 0 saturated heterocycles. The predicted molar refractivity (Wildman–Crippen MR) is 96.4 cm³/mol. The lowest BCUT2D eigenvalue weighted by Gasteiger charge is -2.07. The highest BCUT2D eigenvalue weighted by atomic mass is 19.1. The Kier molecular flexibility index (Phi) is 4.15. The highest BCUT2D eigenvalue weighted by Crippen LogP contribution is 2.16. The average molecular weight is 346 g/mol. The number of hydrogen-bond donors (Lipinski definition) is 1. The summed E-state index contributed by atoms with van der Waals surface area (Å²) in [5.74, 6) is -0.480. The van der Waals surface area contributed by atoms with Crippen LogP contribution in [0.25, 0.3) is 16.9 Å². The van der Waals surface area contributed by atoms with Gasteiger partial charge in [0.25, 0.3) is 5.91 Å². The van der Waals surface area contributed by atoms with Crippen molar-refractivity contribution in [2.24, 2.45) is 0 Å². The molecule has 2 heterocycles. The van der Waals surface area contributed by atoms with Crippen LogP contribution in [0.15, 0.2) is 73.2 Å². The van der Waals surface area contributed by atoms with Crippen molar-refractivity contribution in [3.63, 3.8) is 0 Å².